The predicted molar refractivity (Wildman–Crippen MR) is 208 cm³/mol. The van der Waals surface area contributed by atoms with E-state index in [1.54, 1.807) is 13.2 Å². The van der Waals surface area contributed by atoms with E-state index in [0.717, 1.165) is 44.2 Å². The van der Waals surface area contributed by atoms with E-state index in [-0.39, 0.29) is 50.6 Å². The van der Waals surface area contributed by atoms with Gasteiger partial charge in [0.25, 0.3) is 0 Å². The van der Waals surface area contributed by atoms with Crippen LogP contribution >= 0.6 is 31.9 Å². The number of rotatable bonds is 3. The van der Waals surface area contributed by atoms with Crippen molar-refractivity contribution in [2.75, 3.05) is 7.11 Å². The van der Waals surface area contributed by atoms with E-state index in [2.05, 4.69) is 131 Å². The van der Waals surface area contributed by atoms with E-state index < -0.39 is 0 Å². The largest absolute Gasteiger partial charge is 0.496 e. The molecular weight excluding hydrogens is 736 g/mol. The SMILES string of the molecule is COc1cc(Br)c([C@@H]2C(=O)[C@H]3C=C[C@]34C(C)(C)CCC[C@]24C)cc1C.Cc1cc(Br)c([C@@H]2C(=O)C=CC=C3C(C)(C)CCC[C@@]32C)cc1C. The minimum Gasteiger partial charge on any atom is -0.496 e. The van der Waals surface area contributed by atoms with Crippen LogP contribution in [0.5, 0.6) is 5.75 Å². The van der Waals surface area contributed by atoms with Crippen molar-refractivity contribution >= 4 is 43.4 Å². The van der Waals surface area contributed by atoms with E-state index in [1.807, 2.05) is 12.1 Å². The molecule has 262 valence electrons. The highest BCUT2D eigenvalue weighted by molar-refractivity contribution is 9.10. The highest BCUT2D eigenvalue weighted by atomic mass is 79.9. The highest BCUT2D eigenvalue weighted by Crippen LogP contribution is 2.77. The third-order valence-electron chi connectivity index (χ3n) is 13.9. The third kappa shape index (κ3) is 5.37. The van der Waals surface area contributed by atoms with Crippen molar-refractivity contribution in [1.29, 1.82) is 0 Å². The standard InChI is InChI=1S/C22H27BrO2.C22H27BrO/c1-13-11-14(16(23)12-17(13)25-5)18-19(24)15-7-10-22(15)20(2,3)8-6-9-21(18,22)4;1-14-12-16(17(23)13-15(14)2)20-18(24)8-6-9-19-21(3,4)10-7-11-22(19,20)5/h7,10-12,15,18H,6,8-9H2,1-5H3;6,8-9,12-13,20H,7,10-11H2,1-5H3/t15-,18-,21-,22-;20-,22+/m11/s1. The second-order valence-corrected chi connectivity index (χ2v) is 19.1. The quantitative estimate of drug-likeness (QED) is 0.291. The molecule has 0 aromatic heterocycles. The van der Waals surface area contributed by atoms with Gasteiger partial charge in [-0.2, -0.15) is 0 Å². The highest BCUT2D eigenvalue weighted by Gasteiger charge is 2.73. The van der Waals surface area contributed by atoms with Gasteiger partial charge in [-0.3, -0.25) is 9.59 Å². The summed E-state index contributed by atoms with van der Waals surface area (Å²) in [4.78, 5) is 26.6. The summed E-state index contributed by atoms with van der Waals surface area (Å²) in [6.45, 7) is 20.4. The lowest BCUT2D eigenvalue weighted by molar-refractivity contribution is -0.123. The fraction of sp³-hybridized carbons (Fsp3) is 0.545. The molecule has 0 bridgehead atoms. The number of methoxy groups -OCH3 is 1. The average Bonchev–Trinajstić information content (AvgIpc) is 3.04. The monoisotopic (exact) mass is 788 g/mol. The Morgan fingerprint density at radius 2 is 1.37 bits per heavy atom. The molecule has 2 aromatic rings. The van der Waals surface area contributed by atoms with Crippen molar-refractivity contribution in [1.82, 2.24) is 0 Å². The van der Waals surface area contributed by atoms with Crippen molar-refractivity contribution in [2.24, 2.45) is 33.0 Å². The summed E-state index contributed by atoms with van der Waals surface area (Å²) in [5, 5.41) is 0. The Hall–Kier alpha value is -2.24. The zero-order valence-electron chi connectivity index (χ0n) is 31.2. The van der Waals surface area contributed by atoms with Crippen molar-refractivity contribution in [3.05, 3.63) is 97.0 Å². The summed E-state index contributed by atoms with van der Waals surface area (Å²) in [5.41, 5.74) is 7.48. The number of carbonyl (C=O) groups is 2. The lowest BCUT2D eigenvalue weighted by atomic mass is 9.41. The smallest absolute Gasteiger partial charge is 0.164 e. The molecule has 5 heteroatoms. The minimum atomic E-state index is -0.119. The topological polar surface area (TPSA) is 43.4 Å². The van der Waals surface area contributed by atoms with E-state index in [1.165, 1.54) is 42.4 Å². The van der Waals surface area contributed by atoms with Gasteiger partial charge in [-0.1, -0.05) is 128 Å². The molecule has 5 aliphatic rings. The number of ether oxygens (including phenoxy) is 1. The van der Waals surface area contributed by atoms with Crippen LogP contribution in [0.3, 0.4) is 0 Å². The molecule has 0 amide bonds. The maximum absolute atomic E-state index is 13.5. The molecule has 3 fully saturated rings. The van der Waals surface area contributed by atoms with Gasteiger partial charge in [-0.15, -0.1) is 0 Å². The van der Waals surface area contributed by atoms with Crippen LogP contribution < -0.4 is 4.74 Å². The van der Waals surface area contributed by atoms with Gasteiger partial charge in [0.15, 0.2) is 5.78 Å². The zero-order chi connectivity index (χ0) is 35.9. The Kier molecular flexibility index (Phi) is 9.30. The molecular formula is C44H54Br2O3. The molecule has 2 aromatic carbocycles. The second-order valence-electron chi connectivity index (χ2n) is 17.4. The molecule has 0 saturated heterocycles. The van der Waals surface area contributed by atoms with E-state index in [0.29, 0.717) is 5.78 Å². The number of ketones is 2. The number of halogens is 2. The normalized spacial score (nSPS) is 33.6. The first-order chi connectivity index (χ1) is 22.9. The van der Waals surface area contributed by atoms with E-state index in [4.69, 9.17) is 4.74 Å². The van der Waals surface area contributed by atoms with Crippen LogP contribution in [0, 0.1) is 53.8 Å². The van der Waals surface area contributed by atoms with Gasteiger partial charge < -0.3 is 4.74 Å². The van der Waals surface area contributed by atoms with Gasteiger partial charge in [0.1, 0.15) is 11.5 Å². The van der Waals surface area contributed by atoms with Crippen molar-refractivity contribution in [2.45, 2.75) is 113 Å². The van der Waals surface area contributed by atoms with Gasteiger partial charge in [0.2, 0.25) is 0 Å². The molecule has 6 atom stereocenters. The summed E-state index contributed by atoms with van der Waals surface area (Å²) >= 11 is 7.48. The molecule has 3 nitrogen and oxygen atoms in total. The molecule has 0 unspecified atom stereocenters. The maximum Gasteiger partial charge on any atom is 0.164 e. The number of aryl methyl sites for hydroxylation is 3. The molecule has 1 spiro atoms. The first-order valence-electron chi connectivity index (χ1n) is 18.1. The van der Waals surface area contributed by atoms with E-state index >= 15 is 0 Å². The van der Waals surface area contributed by atoms with Gasteiger partial charge >= 0.3 is 0 Å². The van der Waals surface area contributed by atoms with Gasteiger partial charge in [0, 0.05) is 25.7 Å². The summed E-state index contributed by atoms with van der Waals surface area (Å²) < 4.78 is 7.51. The Morgan fingerprint density at radius 3 is 2.02 bits per heavy atom. The lowest BCUT2D eigenvalue weighted by Crippen LogP contribution is -2.56. The number of allylic oxidation sites excluding steroid dienone is 6. The van der Waals surface area contributed by atoms with Crippen molar-refractivity contribution in [3.63, 3.8) is 0 Å². The van der Waals surface area contributed by atoms with Crippen LogP contribution in [-0.2, 0) is 9.59 Å². The fourth-order valence-corrected chi connectivity index (χ4v) is 12.5. The summed E-state index contributed by atoms with van der Waals surface area (Å²) in [5.74, 6) is 1.41. The Bertz CT molecular complexity index is 1810. The van der Waals surface area contributed by atoms with Crippen LogP contribution in [0.2, 0.25) is 0 Å². The first kappa shape index (κ1) is 36.5. The number of hydrogen-bond donors (Lipinski definition) is 0. The van der Waals surface area contributed by atoms with Crippen molar-refractivity contribution in [3.8, 4) is 5.75 Å². The van der Waals surface area contributed by atoms with Gasteiger partial charge in [-0.05, 0) is 109 Å². The molecule has 0 N–H and O–H groups in total. The average molecular weight is 791 g/mol. The molecule has 3 saturated carbocycles. The van der Waals surface area contributed by atoms with Crippen LogP contribution in [0.4, 0.5) is 0 Å². The van der Waals surface area contributed by atoms with E-state index in [9.17, 15) is 9.59 Å². The molecule has 0 radical (unpaired) electrons. The van der Waals surface area contributed by atoms with Gasteiger partial charge in [-0.25, -0.2) is 0 Å². The minimum absolute atomic E-state index is 0.00721. The Labute approximate surface area is 311 Å². The fourth-order valence-electron chi connectivity index (χ4n) is 11.3. The molecule has 5 aliphatic carbocycles. The number of benzene rings is 2. The summed E-state index contributed by atoms with van der Waals surface area (Å²) in [7, 11) is 1.69. The number of Topliss-reactive ketones (excluding diaryl/α,β-unsaturated/α-hetero) is 1. The van der Waals surface area contributed by atoms with Crippen LogP contribution in [0.15, 0.2) is 69.2 Å². The number of fused-ring (bicyclic) bond motifs is 1. The van der Waals surface area contributed by atoms with Crippen LogP contribution in [0.25, 0.3) is 0 Å². The zero-order valence-corrected chi connectivity index (χ0v) is 34.3. The van der Waals surface area contributed by atoms with Gasteiger partial charge in [0.05, 0.1) is 18.9 Å². The number of carbonyl (C=O) groups excluding carboxylic acids is 2. The predicted octanol–water partition coefficient (Wildman–Crippen LogP) is 12.3. The maximum atomic E-state index is 13.5. The molecule has 7 rings (SSSR count). The number of hydrogen-bond acceptors (Lipinski definition) is 3. The molecule has 0 aliphatic heterocycles. The van der Waals surface area contributed by atoms with Crippen LogP contribution in [-0.4, -0.2) is 18.7 Å². The van der Waals surface area contributed by atoms with Crippen molar-refractivity contribution < 1.29 is 14.3 Å². The molecule has 49 heavy (non-hydrogen) atoms. The van der Waals surface area contributed by atoms with Crippen LogP contribution in [0.1, 0.15) is 120 Å². The Morgan fingerprint density at radius 1 is 0.755 bits per heavy atom. The summed E-state index contributed by atoms with van der Waals surface area (Å²) in [6, 6.07) is 8.56. The molecule has 0 heterocycles. The second kappa shape index (κ2) is 12.5. The first-order valence-corrected chi connectivity index (χ1v) is 19.7. The lowest BCUT2D eigenvalue weighted by Gasteiger charge is -2.62. The Balaban J connectivity index is 0.000000170. The third-order valence-corrected chi connectivity index (χ3v) is 15.2. The summed E-state index contributed by atoms with van der Waals surface area (Å²) in [6.07, 6.45) is 17.4.